The normalized spacial score (nSPS) is 9.06. The van der Waals surface area contributed by atoms with Crippen molar-refractivity contribution in [3.05, 3.63) is 18.2 Å². The molecular formula is C11H12N2O4. The third kappa shape index (κ3) is 3.62. The lowest BCUT2D eigenvalue weighted by molar-refractivity contribution is 0.168. The van der Waals surface area contributed by atoms with Crippen LogP contribution >= 0.6 is 0 Å². The number of amides is 1. The minimum Gasteiger partial charge on any atom is -0.494 e. The zero-order chi connectivity index (χ0) is 12.7. The Morgan fingerprint density at radius 2 is 2.29 bits per heavy atom. The topological polar surface area (TPSA) is 77.0 Å². The number of nitrogens with zero attached hydrogens (tertiary/aromatic N) is 1. The van der Waals surface area contributed by atoms with Gasteiger partial charge in [0, 0.05) is 6.07 Å². The third-order valence-corrected chi connectivity index (χ3v) is 1.87. The maximum absolute atomic E-state index is 11.2. The van der Waals surface area contributed by atoms with Gasteiger partial charge in [-0.2, -0.15) is 4.99 Å². The Balaban J connectivity index is 2.92. The number of methoxy groups -OCH3 is 1. The summed E-state index contributed by atoms with van der Waals surface area (Å²) in [5, 5.41) is 2.51. The minimum atomic E-state index is -0.572. The zero-order valence-electron chi connectivity index (χ0n) is 9.52. The highest BCUT2D eigenvalue weighted by Gasteiger charge is 2.08. The van der Waals surface area contributed by atoms with Crippen molar-refractivity contribution < 1.29 is 19.1 Å². The van der Waals surface area contributed by atoms with Gasteiger partial charge in [-0.25, -0.2) is 9.59 Å². The number of anilines is 1. The SMILES string of the molecule is CCOC(=O)Nc1ccc(N=C=O)cc1OC. The van der Waals surface area contributed by atoms with E-state index in [-0.39, 0.29) is 6.61 Å². The summed E-state index contributed by atoms with van der Waals surface area (Å²) in [6.45, 7) is 1.99. The fourth-order valence-electron chi connectivity index (χ4n) is 1.18. The summed E-state index contributed by atoms with van der Waals surface area (Å²) < 4.78 is 9.78. The molecule has 0 saturated heterocycles. The van der Waals surface area contributed by atoms with Crippen molar-refractivity contribution in [2.75, 3.05) is 19.0 Å². The van der Waals surface area contributed by atoms with E-state index in [1.54, 1.807) is 19.1 Å². The Kier molecular flexibility index (Phi) is 4.72. The van der Waals surface area contributed by atoms with Crippen molar-refractivity contribution in [1.82, 2.24) is 0 Å². The molecule has 1 rings (SSSR count). The Morgan fingerprint density at radius 3 is 2.88 bits per heavy atom. The van der Waals surface area contributed by atoms with Gasteiger partial charge >= 0.3 is 6.09 Å². The number of ether oxygens (including phenoxy) is 2. The second-order valence-electron chi connectivity index (χ2n) is 2.93. The lowest BCUT2D eigenvalue weighted by atomic mass is 10.2. The van der Waals surface area contributed by atoms with Gasteiger partial charge < -0.3 is 9.47 Å². The van der Waals surface area contributed by atoms with E-state index in [9.17, 15) is 9.59 Å². The number of aliphatic imine (C=N–C) groups is 1. The van der Waals surface area contributed by atoms with Gasteiger partial charge in [0.25, 0.3) is 0 Å². The molecule has 0 unspecified atom stereocenters. The summed E-state index contributed by atoms with van der Waals surface area (Å²) in [5.74, 6) is 0.384. The number of isocyanates is 1. The first-order chi connectivity index (χ1) is 8.21. The molecule has 0 aliphatic heterocycles. The first-order valence-electron chi connectivity index (χ1n) is 4.91. The summed E-state index contributed by atoms with van der Waals surface area (Å²) in [5.41, 5.74) is 0.835. The van der Waals surface area contributed by atoms with Crippen molar-refractivity contribution in [2.45, 2.75) is 6.92 Å². The van der Waals surface area contributed by atoms with Crippen LogP contribution in [0.5, 0.6) is 5.75 Å². The number of carbonyl (C=O) groups excluding carboxylic acids is 2. The van der Waals surface area contributed by atoms with Crippen LogP contribution in [0.25, 0.3) is 0 Å². The molecule has 1 aromatic rings. The van der Waals surface area contributed by atoms with Crippen molar-refractivity contribution in [2.24, 2.45) is 4.99 Å². The van der Waals surface area contributed by atoms with Crippen LogP contribution in [0.1, 0.15) is 6.92 Å². The standard InChI is InChI=1S/C11H12N2O4/c1-3-17-11(15)13-9-5-4-8(12-7-14)6-10(9)16-2/h4-6H,3H2,1-2H3,(H,13,15). The van der Waals surface area contributed by atoms with Crippen molar-refractivity contribution in [1.29, 1.82) is 0 Å². The average molecular weight is 236 g/mol. The Morgan fingerprint density at radius 1 is 1.53 bits per heavy atom. The number of rotatable bonds is 4. The minimum absolute atomic E-state index is 0.279. The lowest BCUT2D eigenvalue weighted by Gasteiger charge is -2.10. The molecule has 0 aliphatic rings. The monoisotopic (exact) mass is 236 g/mol. The molecule has 1 aromatic carbocycles. The van der Waals surface area contributed by atoms with Gasteiger partial charge in [0.2, 0.25) is 6.08 Å². The van der Waals surface area contributed by atoms with Gasteiger partial charge in [0.15, 0.2) is 0 Å². The fraction of sp³-hybridized carbons (Fsp3) is 0.273. The molecule has 0 bridgehead atoms. The summed E-state index contributed by atoms with van der Waals surface area (Å²) in [4.78, 5) is 24.8. The van der Waals surface area contributed by atoms with Gasteiger partial charge in [-0.1, -0.05) is 0 Å². The quantitative estimate of drug-likeness (QED) is 0.642. The summed E-state index contributed by atoms with van der Waals surface area (Å²) in [6.07, 6.45) is 0.851. The molecule has 0 fully saturated rings. The molecule has 0 spiro atoms. The van der Waals surface area contributed by atoms with E-state index in [1.165, 1.54) is 19.3 Å². The molecular weight excluding hydrogens is 224 g/mol. The summed E-state index contributed by atoms with van der Waals surface area (Å²) >= 11 is 0. The molecule has 0 radical (unpaired) electrons. The van der Waals surface area contributed by atoms with Crippen LogP contribution in [0.2, 0.25) is 0 Å². The molecule has 6 nitrogen and oxygen atoms in total. The molecule has 90 valence electrons. The van der Waals surface area contributed by atoms with Crippen LogP contribution in [0.4, 0.5) is 16.2 Å². The van der Waals surface area contributed by atoms with E-state index in [4.69, 9.17) is 9.47 Å². The van der Waals surface area contributed by atoms with E-state index in [0.29, 0.717) is 17.1 Å². The van der Waals surface area contributed by atoms with Crippen molar-refractivity contribution >= 4 is 23.5 Å². The van der Waals surface area contributed by atoms with Gasteiger partial charge in [0.1, 0.15) is 5.75 Å². The number of nitrogens with one attached hydrogen (secondary N) is 1. The van der Waals surface area contributed by atoms with Crippen LogP contribution in [0.3, 0.4) is 0 Å². The highest BCUT2D eigenvalue weighted by atomic mass is 16.5. The first-order valence-corrected chi connectivity index (χ1v) is 4.91. The molecule has 1 amide bonds. The Bertz CT molecular complexity index is 453. The van der Waals surface area contributed by atoms with Crippen LogP contribution in [-0.2, 0) is 9.53 Å². The molecule has 0 saturated carbocycles. The van der Waals surface area contributed by atoms with E-state index < -0.39 is 6.09 Å². The third-order valence-electron chi connectivity index (χ3n) is 1.87. The van der Waals surface area contributed by atoms with Crippen LogP contribution < -0.4 is 10.1 Å². The van der Waals surface area contributed by atoms with Crippen molar-refractivity contribution in [3.63, 3.8) is 0 Å². The molecule has 0 aliphatic carbocycles. The second kappa shape index (κ2) is 6.30. The van der Waals surface area contributed by atoms with Gasteiger partial charge in [0.05, 0.1) is 25.1 Å². The first kappa shape index (κ1) is 12.7. The van der Waals surface area contributed by atoms with Gasteiger partial charge in [-0.05, 0) is 19.1 Å². The Labute approximate surface area is 98.3 Å². The average Bonchev–Trinajstić information content (AvgIpc) is 2.31. The predicted molar refractivity (Wildman–Crippen MR) is 61.4 cm³/mol. The highest BCUT2D eigenvalue weighted by molar-refractivity contribution is 5.87. The van der Waals surface area contributed by atoms with Gasteiger partial charge in [-0.15, -0.1) is 0 Å². The van der Waals surface area contributed by atoms with Crippen LogP contribution in [0.15, 0.2) is 23.2 Å². The molecule has 1 N–H and O–H groups in total. The maximum Gasteiger partial charge on any atom is 0.411 e. The lowest BCUT2D eigenvalue weighted by Crippen LogP contribution is -2.13. The van der Waals surface area contributed by atoms with E-state index in [0.717, 1.165) is 0 Å². The summed E-state index contributed by atoms with van der Waals surface area (Å²) in [6, 6.07) is 4.62. The van der Waals surface area contributed by atoms with Gasteiger partial charge in [-0.3, -0.25) is 5.32 Å². The van der Waals surface area contributed by atoms with Crippen LogP contribution in [-0.4, -0.2) is 25.9 Å². The highest BCUT2D eigenvalue weighted by Crippen LogP contribution is 2.29. The summed E-state index contributed by atoms with van der Waals surface area (Å²) in [7, 11) is 1.44. The second-order valence-corrected chi connectivity index (χ2v) is 2.93. The van der Waals surface area contributed by atoms with E-state index >= 15 is 0 Å². The largest absolute Gasteiger partial charge is 0.494 e. The number of hydrogen-bond donors (Lipinski definition) is 1. The number of benzene rings is 1. The van der Waals surface area contributed by atoms with Crippen LogP contribution in [0, 0.1) is 0 Å². The Hall–Kier alpha value is -2.33. The van der Waals surface area contributed by atoms with E-state index in [2.05, 4.69) is 10.3 Å². The predicted octanol–water partition coefficient (Wildman–Crippen LogP) is 2.23. The molecule has 17 heavy (non-hydrogen) atoms. The zero-order valence-corrected chi connectivity index (χ0v) is 9.52. The van der Waals surface area contributed by atoms with E-state index in [1.807, 2.05) is 0 Å². The smallest absolute Gasteiger partial charge is 0.411 e. The molecule has 0 atom stereocenters. The number of hydrogen-bond acceptors (Lipinski definition) is 5. The molecule has 0 heterocycles. The number of carbonyl (C=O) groups is 1. The maximum atomic E-state index is 11.2. The fourth-order valence-corrected chi connectivity index (χ4v) is 1.18. The molecule has 0 aromatic heterocycles. The molecule has 6 heteroatoms. The van der Waals surface area contributed by atoms with Crippen molar-refractivity contribution in [3.8, 4) is 5.75 Å².